The fourth-order valence-electron chi connectivity index (χ4n) is 2.74. The highest BCUT2D eigenvalue weighted by molar-refractivity contribution is 6.00. The molecule has 5 heteroatoms. The van der Waals surface area contributed by atoms with Gasteiger partial charge in [-0.3, -0.25) is 14.4 Å². The molecule has 2 amide bonds. The third kappa shape index (κ3) is 6.37. The smallest absolute Gasteiger partial charge is 0.251 e. The molecule has 142 valence electrons. The predicted octanol–water partition coefficient (Wildman–Crippen LogP) is 3.99. The molecule has 0 bridgehead atoms. The minimum Gasteiger partial charge on any atom is -0.352 e. The maximum absolute atomic E-state index is 12.3. The molecule has 2 rings (SSSR count). The molecule has 0 aromatic heterocycles. The Labute approximate surface area is 160 Å². The number of benzene rings is 2. The zero-order valence-electron chi connectivity index (χ0n) is 15.9. The lowest BCUT2D eigenvalue weighted by Crippen LogP contribution is -2.22. The molecule has 0 atom stereocenters. The third-order valence-corrected chi connectivity index (χ3v) is 4.14. The van der Waals surface area contributed by atoms with Crippen molar-refractivity contribution in [3.05, 3.63) is 65.2 Å². The van der Waals surface area contributed by atoms with E-state index in [4.69, 9.17) is 0 Å². The van der Waals surface area contributed by atoms with Gasteiger partial charge in [-0.1, -0.05) is 43.7 Å². The first-order valence-electron chi connectivity index (χ1n) is 9.33. The van der Waals surface area contributed by atoms with Gasteiger partial charge in [0.1, 0.15) is 0 Å². The molecule has 0 fully saturated rings. The summed E-state index contributed by atoms with van der Waals surface area (Å²) < 4.78 is 0. The lowest BCUT2D eigenvalue weighted by molar-refractivity contribution is -0.116. The van der Waals surface area contributed by atoms with E-state index in [1.807, 2.05) is 31.2 Å². The van der Waals surface area contributed by atoms with Gasteiger partial charge in [0, 0.05) is 36.2 Å². The van der Waals surface area contributed by atoms with Gasteiger partial charge in [-0.05, 0) is 37.1 Å². The summed E-state index contributed by atoms with van der Waals surface area (Å²) in [5.74, 6) is -0.487. The van der Waals surface area contributed by atoms with Gasteiger partial charge < -0.3 is 10.6 Å². The summed E-state index contributed by atoms with van der Waals surface area (Å²) in [6, 6.07) is 14.3. The van der Waals surface area contributed by atoms with Crippen LogP contribution in [0.1, 0.15) is 59.4 Å². The van der Waals surface area contributed by atoms with Crippen molar-refractivity contribution in [1.82, 2.24) is 5.32 Å². The van der Waals surface area contributed by atoms with Gasteiger partial charge in [0.05, 0.1) is 0 Å². The van der Waals surface area contributed by atoms with Crippen LogP contribution in [0.4, 0.5) is 5.69 Å². The van der Waals surface area contributed by atoms with Crippen LogP contribution in [-0.4, -0.2) is 24.1 Å². The summed E-state index contributed by atoms with van der Waals surface area (Å²) >= 11 is 0. The van der Waals surface area contributed by atoms with Crippen LogP contribution in [0.5, 0.6) is 0 Å². The van der Waals surface area contributed by atoms with E-state index >= 15 is 0 Å². The van der Waals surface area contributed by atoms with E-state index in [2.05, 4.69) is 17.6 Å². The summed E-state index contributed by atoms with van der Waals surface area (Å²) in [5.41, 5.74) is 2.86. The van der Waals surface area contributed by atoms with Crippen LogP contribution in [-0.2, 0) is 11.2 Å². The van der Waals surface area contributed by atoms with E-state index in [1.54, 1.807) is 24.3 Å². The Morgan fingerprint density at radius 1 is 0.889 bits per heavy atom. The molecule has 0 saturated heterocycles. The average molecular weight is 366 g/mol. The second-order valence-corrected chi connectivity index (χ2v) is 6.36. The topological polar surface area (TPSA) is 75.3 Å². The maximum atomic E-state index is 12.3. The first-order valence-corrected chi connectivity index (χ1v) is 9.33. The molecule has 0 saturated carbocycles. The molecular formula is C22H26N2O3. The zero-order valence-corrected chi connectivity index (χ0v) is 15.9. The van der Waals surface area contributed by atoms with E-state index in [0.717, 1.165) is 12.8 Å². The van der Waals surface area contributed by atoms with Crippen molar-refractivity contribution in [2.75, 3.05) is 11.9 Å². The average Bonchev–Trinajstić information content (AvgIpc) is 2.67. The van der Waals surface area contributed by atoms with Crippen molar-refractivity contribution in [3.8, 4) is 0 Å². The molecule has 0 aliphatic heterocycles. The number of ketones is 1. The first-order chi connectivity index (χ1) is 13.0. The Kier molecular flexibility index (Phi) is 7.74. The second kappa shape index (κ2) is 10.3. The lowest BCUT2D eigenvalue weighted by Gasteiger charge is -2.08. The van der Waals surface area contributed by atoms with E-state index < -0.39 is 0 Å². The van der Waals surface area contributed by atoms with Crippen LogP contribution < -0.4 is 10.6 Å². The predicted molar refractivity (Wildman–Crippen MR) is 107 cm³/mol. The number of carbonyl (C=O) groups is 3. The Bertz CT molecular complexity index is 797. The van der Waals surface area contributed by atoms with Gasteiger partial charge in [0.15, 0.2) is 5.78 Å². The Hall–Kier alpha value is -2.95. The van der Waals surface area contributed by atoms with Crippen molar-refractivity contribution in [2.24, 2.45) is 0 Å². The van der Waals surface area contributed by atoms with Gasteiger partial charge in [-0.15, -0.1) is 0 Å². The zero-order chi connectivity index (χ0) is 19.6. The number of aryl methyl sites for hydroxylation is 1. The summed E-state index contributed by atoms with van der Waals surface area (Å²) in [5, 5.41) is 5.46. The monoisotopic (exact) mass is 366 g/mol. The van der Waals surface area contributed by atoms with Crippen molar-refractivity contribution >= 4 is 23.3 Å². The molecule has 2 N–H and O–H groups in total. The van der Waals surface area contributed by atoms with Gasteiger partial charge in [0.25, 0.3) is 5.91 Å². The molecule has 2 aromatic carbocycles. The molecule has 0 aliphatic rings. The molecule has 0 radical (unpaired) electrons. The number of Topliss-reactive ketones (excluding diaryl/α,β-unsaturated/α-hetero) is 1. The third-order valence-electron chi connectivity index (χ3n) is 4.14. The van der Waals surface area contributed by atoms with E-state index in [1.165, 1.54) is 5.56 Å². The highest BCUT2D eigenvalue weighted by Crippen LogP contribution is 2.13. The Balaban J connectivity index is 1.87. The fraction of sp³-hybridized carbons (Fsp3) is 0.318. The minimum absolute atomic E-state index is 0.0516. The summed E-state index contributed by atoms with van der Waals surface area (Å²) in [6.07, 6.45) is 2.30. The number of hydrogen-bond donors (Lipinski definition) is 2. The van der Waals surface area contributed by atoms with Crippen LogP contribution in [0.3, 0.4) is 0 Å². The summed E-state index contributed by atoms with van der Waals surface area (Å²) in [7, 11) is 0. The van der Waals surface area contributed by atoms with E-state index in [9.17, 15) is 14.4 Å². The normalized spacial score (nSPS) is 10.3. The van der Waals surface area contributed by atoms with Crippen LogP contribution >= 0.6 is 0 Å². The number of nitrogens with one attached hydrogen (secondary N) is 2. The number of carbonyl (C=O) groups excluding carboxylic acids is 3. The first kappa shape index (κ1) is 20.4. The SMILES string of the molecule is CCCc1ccc(C(=O)CCC(=O)Nc2cccc(C(=O)NCC)c2)cc1. The quantitative estimate of drug-likeness (QED) is 0.659. The van der Waals surface area contributed by atoms with Crippen molar-refractivity contribution in [1.29, 1.82) is 0 Å². The molecule has 27 heavy (non-hydrogen) atoms. The summed E-state index contributed by atoms with van der Waals surface area (Å²) in [6.45, 7) is 4.50. The van der Waals surface area contributed by atoms with Crippen LogP contribution in [0, 0.1) is 0 Å². The van der Waals surface area contributed by atoms with E-state index in [0.29, 0.717) is 23.4 Å². The molecular weight excluding hydrogens is 340 g/mol. The number of anilines is 1. The summed E-state index contributed by atoms with van der Waals surface area (Å²) in [4.78, 5) is 36.2. The Morgan fingerprint density at radius 3 is 2.30 bits per heavy atom. The molecule has 5 nitrogen and oxygen atoms in total. The molecule has 0 spiro atoms. The maximum Gasteiger partial charge on any atom is 0.251 e. The van der Waals surface area contributed by atoms with Crippen molar-refractivity contribution in [3.63, 3.8) is 0 Å². The molecule has 0 unspecified atom stereocenters. The number of amides is 2. The van der Waals surface area contributed by atoms with Crippen LogP contribution in [0.15, 0.2) is 48.5 Å². The highest BCUT2D eigenvalue weighted by atomic mass is 16.2. The van der Waals surface area contributed by atoms with Gasteiger partial charge in [0.2, 0.25) is 5.91 Å². The van der Waals surface area contributed by atoms with Gasteiger partial charge in [-0.25, -0.2) is 0 Å². The van der Waals surface area contributed by atoms with Crippen molar-refractivity contribution < 1.29 is 14.4 Å². The number of rotatable bonds is 9. The molecule has 2 aromatic rings. The second-order valence-electron chi connectivity index (χ2n) is 6.36. The fourth-order valence-corrected chi connectivity index (χ4v) is 2.74. The number of hydrogen-bond acceptors (Lipinski definition) is 3. The highest BCUT2D eigenvalue weighted by Gasteiger charge is 2.11. The van der Waals surface area contributed by atoms with Crippen LogP contribution in [0.2, 0.25) is 0 Å². The van der Waals surface area contributed by atoms with Crippen LogP contribution in [0.25, 0.3) is 0 Å². The minimum atomic E-state index is -0.251. The lowest BCUT2D eigenvalue weighted by atomic mass is 10.0. The largest absolute Gasteiger partial charge is 0.352 e. The van der Waals surface area contributed by atoms with Gasteiger partial charge in [-0.2, -0.15) is 0 Å². The molecule has 0 aliphatic carbocycles. The van der Waals surface area contributed by atoms with Crippen molar-refractivity contribution in [2.45, 2.75) is 39.5 Å². The van der Waals surface area contributed by atoms with Gasteiger partial charge >= 0.3 is 0 Å². The standard InChI is InChI=1S/C22H26N2O3/c1-3-6-16-9-11-17(12-10-16)20(25)13-14-21(26)24-19-8-5-7-18(15-19)22(27)23-4-2/h5,7-12,15H,3-4,6,13-14H2,1-2H3,(H,23,27)(H,24,26). The Morgan fingerprint density at radius 2 is 1.63 bits per heavy atom. The van der Waals surface area contributed by atoms with E-state index in [-0.39, 0.29) is 30.4 Å². The molecule has 0 heterocycles.